The minimum absolute atomic E-state index is 0.0219. The number of carbonyl (C=O) groups excluding carboxylic acids is 1. The van der Waals surface area contributed by atoms with Gasteiger partial charge in [-0.3, -0.25) is 9.59 Å². The summed E-state index contributed by atoms with van der Waals surface area (Å²) in [6.07, 6.45) is 4.02. The lowest BCUT2D eigenvalue weighted by molar-refractivity contribution is -0.145. The lowest BCUT2D eigenvalue weighted by Gasteiger charge is -2.20. The highest BCUT2D eigenvalue weighted by atomic mass is 16.4. The van der Waals surface area contributed by atoms with Crippen molar-refractivity contribution in [3.8, 4) is 0 Å². The highest BCUT2D eigenvalue weighted by molar-refractivity contribution is 5.87. The van der Waals surface area contributed by atoms with Crippen molar-refractivity contribution in [2.24, 2.45) is 11.8 Å². The molecule has 1 aromatic carbocycles. The smallest absolute Gasteiger partial charge is 0.323 e. The second kappa shape index (κ2) is 4.58. The van der Waals surface area contributed by atoms with E-state index in [9.17, 15) is 9.59 Å². The number of amides is 1. The Balaban J connectivity index is 1.56. The van der Waals surface area contributed by atoms with Crippen molar-refractivity contribution in [1.29, 1.82) is 0 Å². The van der Waals surface area contributed by atoms with Crippen LogP contribution in [0.15, 0.2) is 24.3 Å². The first-order chi connectivity index (χ1) is 10.2. The zero-order chi connectivity index (χ0) is 14.6. The molecule has 21 heavy (non-hydrogen) atoms. The van der Waals surface area contributed by atoms with E-state index in [0.717, 1.165) is 25.7 Å². The number of aryl methyl sites for hydroxylation is 1. The third kappa shape index (κ3) is 2.13. The number of fused-ring (bicyclic) bond motifs is 3. The zero-order valence-corrected chi connectivity index (χ0v) is 11.9. The van der Waals surface area contributed by atoms with Crippen molar-refractivity contribution in [2.75, 3.05) is 6.54 Å². The molecule has 4 heteroatoms. The van der Waals surface area contributed by atoms with Gasteiger partial charge in [0.2, 0.25) is 5.91 Å². The van der Waals surface area contributed by atoms with E-state index in [4.69, 9.17) is 5.11 Å². The molecule has 1 N–H and O–H groups in total. The van der Waals surface area contributed by atoms with E-state index < -0.39 is 5.97 Å². The van der Waals surface area contributed by atoms with Crippen LogP contribution >= 0.6 is 0 Å². The van der Waals surface area contributed by atoms with Crippen LogP contribution in [0.25, 0.3) is 0 Å². The van der Waals surface area contributed by atoms with Crippen molar-refractivity contribution >= 4 is 11.9 Å². The van der Waals surface area contributed by atoms with Crippen LogP contribution in [0, 0.1) is 11.8 Å². The van der Waals surface area contributed by atoms with Gasteiger partial charge in [0, 0.05) is 12.0 Å². The van der Waals surface area contributed by atoms with E-state index in [2.05, 4.69) is 18.2 Å². The first-order valence-electron chi connectivity index (χ1n) is 7.77. The van der Waals surface area contributed by atoms with Gasteiger partial charge in [-0.25, -0.2) is 0 Å². The summed E-state index contributed by atoms with van der Waals surface area (Å²) in [4.78, 5) is 25.4. The maximum atomic E-state index is 12.8. The molecule has 3 aliphatic carbocycles. The van der Waals surface area contributed by atoms with Gasteiger partial charge in [-0.2, -0.15) is 0 Å². The molecule has 110 valence electrons. The highest BCUT2D eigenvalue weighted by Gasteiger charge is 2.58. The number of carboxylic acid groups (broad SMARTS) is 1. The molecule has 0 heterocycles. The predicted molar refractivity (Wildman–Crippen MR) is 76.9 cm³/mol. The van der Waals surface area contributed by atoms with E-state index in [1.807, 2.05) is 6.07 Å². The molecule has 0 aliphatic heterocycles. The Kier molecular flexibility index (Phi) is 2.81. The quantitative estimate of drug-likeness (QED) is 0.921. The Morgan fingerprint density at radius 3 is 2.67 bits per heavy atom. The Bertz CT molecular complexity index is 608. The molecule has 0 aromatic heterocycles. The number of rotatable bonds is 4. The number of carboxylic acids is 1. The Hall–Kier alpha value is -1.84. The van der Waals surface area contributed by atoms with Crippen molar-refractivity contribution in [2.45, 2.75) is 37.6 Å². The lowest BCUT2D eigenvalue weighted by atomic mass is 9.92. The monoisotopic (exact) mass is 285 g/mol. The molecule has 3 aliphatic rings. The minimum Gasteiger partial charge on any atom is -0.480 e. The van der Waals surface area contributed by atoms with E-state index in [1.165, 1.54) is 11.1 Å². The number of nitrogens with zero attached hydrogens (tertiary/aromatic N) is 1. The molecule has 2 fully saturated rings. The highest BCUT2D eigenvalue weighted by Crippen LogP contribution is 2.60. The Labute approximate surface area is 123 Å². The van der Waals surface area contributed by atoms with Crippen LogP contribution in [-0.2, 0) is 16.0 Å². The molecule has 0 spiro atoms. The van der Waals surface area contributed by atoms with Crippen LogP contribution in [0.2, 0.25) is 0 Å². The van der Waals surface area contributed by atoms with Crippen molar-refractivity contribution < 1.29 is 14.7 Å². The summed E-state index contributed by atoms with van der Waals surface area (Å²) in [6, 6.07) is 8.56. The number of hydrogen-bond donors (Lipinski definition) is 1. The van der Waals surface area contributed by atoms with Crippen molar-refractivity contribution in [3.63, 3.8) is 0 Å². The van der Waals surface area contributed by atoms with Gasteiger partial charge in [0.05, 0.1) is 0 Å². The summed E-state index contributed by atoms with van der Waals surface area (Å²) in [5, 5.41) is 9.03. The summed E-state index contributed by atoms with van der Waals surface area (Å²) in [5.41, 5.74) is 2.68. The molecule has 3 unspecified atom stereocenters. The van der Waals surface area contributed by atoms with Gasteiger partial charge in [0.1, 0.15) is 6.54 Å². The van der Waals surface area contributed by atoms with Gasteiger partial charge in [-0.05, 0) is 48.6 Å². The summed E-state index contributed by atoms with van der Waals surface area (Å²) < 4.78 is 0. The number of benzene rings is 1. The standard InChI is InChI=1S/C17H19NO3/c19-14(20)9-18(11-6-7-11)17(21)16-13-8-5-10-3-1-2-4-12(10)15(13)16/h1-4,11,13,15-16H,5-9H2,(H,19,20). The van der Waals surface area contributed by atoms with Crippen LogP contribution in [0.5, 0.6) is 0 Å². The molecule has 0 radical (unpaired) electrons. The summed E-state index contributed by atoms with van der Waals surface area (Å²) in [6.45, 7) is -0.138. The van der Waals surface area contributed by atoms with Gasteiger partial charge in [-0.15, -0.1) is 0 Å². The number of hydrogen-bond acceptors (Lipinski definition) is 2. The normalized spacial score (nSPS) is 29.2. The zero-order valence-electron chi connectivity index (χ0n) is 11.9. The van der Waals surface area contributed by atoms with E-state index in [-0.39, 0.29) is 24.4 Å². The first-order valence-corrected chi connectivity index (χ1v) is 7.77. The minimum atomic E-state index is -0.903. The van der Waals surface area contributed by atoms with E-state index >= 15 is 0 Å². The van der Waals surface area contributed by atoms with Crippen molar-refractivity contribution in [1.82, 2.24) is 4.90 Å². The molecule has 2 saturated carbocycles. The lowest BCUT2D eigenvalue weighted by Crippen LogP contribution is -2.39. The third-order valence-electron chi connectivity index (χ3n) is 5.19. The molecule has 3 atom stereocenters. The average molecular weight is 285 g/mol. The van der Waals surface area contributed by atoms with Crippen molar-refractivity contribution in [3.05, 3.63) is 35.4 Å². The predicted octanol–water partition coefficient (Wildman–Crippen LogP) is 2.04. The fraction of sp³-hybridized carbons (Fsp3) is 0.529. The SMILES string of the molecule is O=C(O)CN(C(=O)C1C2CCc3ccccc3C21)C1CC1. The fourth-order valence-electron chi connectivity index (χ4n) is 4.01. The van der Waals surface area contributed by atoms with Crippen LogP contribution in [-0.4, -0.2) is 34.5 Å². The van der Waals surface area contributed by atoms with Crippen LogP contribution in [0.4, 0.5) is 0 Å². The average Bonchev–Trinajstić information content (AvgIpc) is 3.36. The fourth-order valence-corrected chi connectivity index (χ4v) is 4.01. The second-order valence-corrected chi connectivity index (χ2v) is 6.54. The van der Waals surface area contributed by atoms with Crippen LogP contribution in [0.1, 0.15) is 36.3 Å². The topological polar surface area (TPSA) is 57.6 Å². The number of aliphatic carboxylic acids is 1. The summed E-state index contributed by atoms with van der Waals surface area (Å²) >= 11 is 0. The van der Waals surface area contributed by atoms with Crippen LogP contribution < -0.4 is 0 Å². The first kappa shape index (κ1) is 12.9. The Morgan fingerprint density at radius 2 is 1.95 bits per heavy atom. The third-order valence-corrected chi connectivity index (χ3v) is 5.19. The number of carbonyl (C=O) groups is 2. The largest absolute Gasteiger partial charge is 0.480 e. The second-order valence-electron chi connectivity index (χ2n) is 6.54. The van der Waals surface area contributed by atoms with E-state index in [0.29, 0.717) is 11.8 Å². The molecule has 0 saturated heterocycles. The molecule has 4 nitrogen and oxygen atoms in total. The molecule has 4 rings (SSSR count). The van der Waals surface area contributed by atoms with Gasteiger partial charge >= 0.3 is 5.97 Å². The maximum absolute atomic E-state index is 12.8. The van der Waals surface area contributed by atoms with Gasteiger partial charge < -0.3 is 10.0 Å². The molecule has 0 bridgehead atoms. The summed E-state index contributed by atoms with van der Waals surface area (Å²) in [7, 11) is 0. The van der Waals surface area contributed by atoms with Gasteiger partial charge in [0.25, 0.3) is 0 Å². The van der Waals surface area contributed by atoms with Crippen LogP contribution in [0.3, 0.4) is 0 Å². The van der Waals surface area contributed by atoms with Gasteiger partial charge in [0.15, 0.2) is 0 Å². The molecular weight excluding hydrogens is 266 g/mol. The maximum Gasteiger partial charge on any atom is 0.323 e. The molecule has 1 amide bonds. The van der Waals surface area contributed by atoms with Gasteiger partial charge in [-0.1, -0.05) is 24.3 Å². The van der Waals surface area contributed by atoms with E-state index in [1.54, 1.807) is 4.90 Å². The molecular formula is C17H19NO3. The Morgan fingerprint density at radius 1 is 1.19 bits per heavy atom. The summed E-state index contributed by atoms with van der Waals surface area (Å²) in [5.74, 6) is -0.0422. The molecule has 1 aromatic rings.